The van der Waals surface area contributed by atoms with Crippen LogP contribution in [0.25, 0.3) is 0 Å². The molecule has 0 bridgehead atoms. The monoisotopic (exact) mass is 278 g/mol. The second kappa shape index (κ2) is 5.98. The van der Waals surface area contributed by atoms with Crippen LogP contribution in [0.4, 0.5) is 10.5 Å². The summed E-state index contributed by atoms with van der Waals surface area (Å²) in [6.45, 7) is 0. The number of amides is 2. The van der Waals surface area contributed by atoms with Crippen molar-refractivity contribution in [1.29, 1.82) is 0 Å². The van der Waals surface area contributed by atoms with Gasteiger partial charge in [-0.2, -0.15) is 0 Å². The molecule has 1 aromatic rings. The van der Waals surface area contributed by atoms with Gasteiger partial charge >= 0.3 is 0 Å². The first-order valence-corrected chi connectivity index (χ1v) is 5.90. The summed E-state index contributed by atoms with van der Waals surface area (Å²) in [5, 5.41) is 2.75. The fourth-order valence-corrected chi connectivity index (χ4v) is 1.72. The highest BCUT2D eigenvalue weighted by Gasteiger charge is 2.07. The van der Waals surface area contributed by atoms with E-state index >= 15 is 0 Å². The van der Waals surface area contributed by atoms with Crippen molar-refractivity contribution in [2.24, 2.45) is 5.73 Å². The maximum Gasteiger partial charge on any atom is 0.276 e. The lowest BCUT2D eigenvalue weighted by molar-refractivity contribution is -0.113. The highest BCUT2D eigenvalue weighted by Crippen LogP contribution is 2.25. The highest BCUT2D eigenvalue weighted by atomic mass is 35.5. The van der Waals surface area contributed by atoms with Crippen LogP contribution in [-0.2, 0) is 4.79 Å². The SMILES string of the molecule is NC(=O)SCC(=O)Nc1ccc(Cl)cc1Cl. The fourth-order valence-electron chi connectivity index (χ4n) is 0.914. The molecule has 0 saturated carbocycles. The first kappa shape index (κ1) is 13.2. The van der Waals surface area contributed by atoms with Gasteiger partial charge in [0.15, 0.2) is 0 Å². The van der Waals surface area contributed by atoms with Crippen LogP contribution in [0.3, 0.4) is 0 Å². The van der Waals surface area contributed by atoms with Crippen LogP contribution in [0, 0.1) is 0 Å². The molecule has 3 N–H and O–H groups in total. The van der Waals surface area contributed by atoms with Gasteiger partial charge in [0.05, 0.1) is 16.5 Å². The van der Waals surface area contributed by atoms with Gasteiger partial charge in [-0.05, 0) is 18.2 Å². The van der Waals surface area contributed by atoms with E-state index < -0.39 is 5.24 Å². The first-order chi connectivity index (χ1) is 7.49. The topological polar surface area (TPSA) is 72.2 Å². The zero-order valence-electron chi connectivity index (χ0n) is 8.00. The van der Waals surface area contributed by atoms with Crippen molar-refractivity contribution in [2.75, 3.05) is 11.1 Å². The Morgan fingerprint density at radius 3 is 2.62 bits per heavy atom. The van der Waals surface area contributed by atoms with Crippen LogP contribution in [0.1, 0.15) is 0 Å². The van der Waals surface area contributed by atoms with Gasteiger partial charge in [0.1, 0.15) is 0 Å². The molecule has 16 heavy (non-hydrogen) atoms. The summed E-state index contributed by atoms with van der Waals surface area (Å²) in [5.74, 6) is -0.401. The summed E-state index contributed by atoms with van der Waals surface area (Å²) in [7, 11) is 0. The van der Waals surface area contributed by atoms with Crippen LogP contribution in [0.5, 0.6) is 0 Å². The summed E-state index contributed by atoms with van der Waals surface area (Å²) in [5.41, 5.74) is 5.33. The Kier molecular flexibility index (Phi) is 4.92. The van der Waals surface area contributed by atoms with Gasteiger partial charge in [0, 0.05) is 5.02 Å². The van der Waals surface area contributed by atoms with E-state index in [9.17, 15) is 9.59 Å². The van der Waals surface area contributed by atoms with E-state index in [1.54, 1.807) is 12.1 Å². The van der Waals surface area contributed by atoms with Gasteiger partial charge in [0.25, 0.3) is 5.24 Å². The average Bonchev–Trinajstić information content (AvgIpc) is 2.19. The van der Waals surface area contributed by atoms with Crippen molar-refractivity contribution >= 4 is 51.8 Å². The van der Waals surface area contributed by atoms with Crippen LogP contribution in [0.2, 0.25) is 10.0 Å². The van der Waals surface area contributed by atoms with Gasteiger partial charge in [-0.1, -0.05) is 35.0 Å². The van der Waals surface area contributed by atoms with E-state index in [1.807, 2.05) is 0 Å². The van der Waals surface area contributed by atoms with Crippen molar-refractivity contribution in [3.63, 3.8) is 0 Å². The minimum atomic E-state index is -0.600. The summed E-state index contributed by atoms with van der Waals surface area (Å²) in [6, 6.07) is 4.70. The number of carbonyl (C=O) groups excluding carboxylic acids is 2. The van der Waals surface area contributed by atoms with E-state index in [0.29, 0.717) is 15.7 Å². The quantitative estimate of drug-likeness (QED) is 0.893. The maximum atomic E-state index is 11.3. The molecule has 4 nitrogen and oxygen atoms in total. The van der Waals surface area contributed by atoms with E-state index in [-0.39, 0.29) is 11.7 Å². The van der Waals surface area contributed by atoms with E-state index in [1.165, 1.54) is 6.07 Å². The number of anilines is 1. The molecule has 0 aliphatic carbocycles. The van der Waals surface area contributed by atoms with Crippen molar-refractivity contribution in [3.8, 4) is 0 Å². The fraction of sp³-hybridized carbons (Fsp3) is 0.111. The van der Waals surface area contributed by atoms with Crippen molar-refractivity contribution in [2.45, 2.75) is 0 Å². The Bertz CT molecular complexity index is 426. The van der Waals surface area contributed by atoms with Gasteiger partial charge in [-0.15, -0.1) is 0 Å². The maximum absolute atomic E-state index is 11.3. The number of rotatable bonds is 3. The summed E-state index contributed by atoms with van der Waals surface area (Å²) in [4.78, 5) is 21.8. The largest absolute Gasteiger partial charge is 0.361 e. The molecule has 0 heterocycles. The molecule has 0 spiro atoms. The predicted octanol–water partition coefficient (Wildman–Crippen LogP) is 2.74. The molecule has 1 aromatic carbocycles. The normalized spacial score (nSPS) is 9.88. The zero-order chi connectivity index (χ0) is 12.1. The molecule has 0 aromatic heterocycles. The molecule has 1 rings (SSSR count). The third-order valence-corrected chi connectivity index (χ3v) is 2.79. The molecule has 0 unspecified atom stereocenters. The van der Waals surface area contributed by atoms with Crippen LogP contribution in [-0.4, -0.2) is 16.9 Å². The minimum absolute atomic E-state index is 0.0473. The molecule has 0 aliphatic rings. The Morgan fingerprint density at radius 2 is 2.06 bits per heavy atom. The minimum Gasteiger partial charge on any atom is -0.361 e. The van der Waals surface area contributed by atoms with E-state index in [0.717, 1.165) is 11.8 Å². The van der Waals surface area contributed by atoms with Crippen molar-refractivity contribution in [3.05, 3.63) is 28.2 Å². The molecule has 0 saturated heterocycles. The Morgan fingerprint density at radius 1 is 1.38 bits per heavy atom. The summed E-state index contributed by atoms with van der Waals surface area (Å²) in [6.07, 6.45) is 0. The number of halogens is 2. The van der Waals surface area contributed by atoms with Gasteiger partial charge < -0.3 is 11.1 Å². The first-order valence-electron chi connectivity index (χ1n) is 4.16. The molecule has 0 radical (unpaired) electrons. The van der Waals surface area contributed by atoms with Crippen LogP contribution < -0.4 is 11.1 Å². The summed E-state index contributed by atoms with van der Waals surface area (Å²) < 4.78 is 0. The van der Waals surface area contributed by atoms with Crippen molar-refractivity contribution in [1.82, 2.24) is 0 Å². The number of carbonyl (C=O) groups is 2. The smallest absolute Gasteiger partial charge is 0.276 e. The third kappa shape index (κ3) is 4.30. The Labute approximate surface area is 106 Å². The lowest BCUT2D eigenvalue weighted by atomic mass is 10.3. The third-order valence-electron chi connectivity index (χ3n) is 1.55. The Hall–Kier alpha value is -0.910. The van der Waals surface area contributed by atoms with Crippen LogP contribution >= 0.6 is 35.0 Å². The second-order valence-electron chi connectivity index (χ2n) is 2.78. The second-order valence-corrected chi connectivity index (χ2v) is 4.60. The number of nitrogens with two attached hydrogens (primary N) is 1. The van der Waals surface area contributed by atoms with Crippen molar-refractivity contribution < 1.29 is 9.59 Å². The zero-order valence-corrected chi connectivity index (χ0v) is 10.3. The van der Waals surface area contributed by atoms with Gasteiger partial charge in [-0.3, -0.25) is 9.59 Å². The predicted molar refractivity (Wildman–Crippen MR) is 67.1 cm³/mol. The lowest BCUT2D eigenvalue weighted by Crippen LogP contribution is -2.17. The standard InChI is InChI=1S/C9H8Cl2N2O2S/c10-5-1-2-7(6(11)3-5)13-8(14)4-16-9(12)15/h1-3H,4H2,(H2,12,15)(H,13,14). The molecular weight excluding hydrogens is 271 g/mol. The Balaban J connectivity index is 2.59. The van der Waals surface area contributed by atoms with E-state index in [2.05, 4.69) is 5.32 Å². The average molecular weight is 279 g/mol. The molecule has 0 atom stereocenters. The molecule has 2 amide bonds. The lowest BCUT2D eigenvalue weighted by Gasteiger charge is -2.06. The molecule has 0 fully saturated rings. The van der Waals surface area contributed by atoms with Crippen LogP contribution in [0.15, 0.2) is 18.2 Å². The number of nitrogens with one attached hydrogen (secondary N) is 1. The molecule has 86 valence electrons. The summed E-state index contributed by atoms with van der Waals surface area (Å²) >= 11 is 12.3. The highest BCUT2D eigenvalue weighted by molar-refractivity contribution is 8.14. The number of benzene rings is 1. The molecular formula is C9H8Cl2N2O2S. The number of thioether (sulfide) groups is 1. The molecule has 0 aliphatic heterocycles. The number of primary amides is 1. The van der Waals surface area contributed by atoms with E-state index in [4.69, 9.17) is 28.9 Å². The number of hydrogen-bond acceptors (Lipinski definition) is 3. The molecule has 7 heteroatoms. The van der Waals surface area contributed by atoms with Gasteiger partial charge in [-0.25, -0.2) is 0 Å². The van der Waals surface area contributed by atoms with Gasteiger partial charge in [0.2, 0.25) is 5.91 Å². The number of hydrogen-bond donors (Lipinski definition) is 2.